The molecule has 1 saturated heterocycles. The molecule has 0 aromatic carbocycles. The Morgan fingerprint density at radius 3 is 2.50 bits per heavy atom. The number of rotatable bonds is 1. The van der Waals surface area contributed by atoms with Crippen molar-refractivity contribution in [2.75, 3.05) is 13.1 Å². The van der Waals surface area contributed by atoms with E-state index in [0.717, 1.165) is 25.9 Å². The van der Waals surface area contributed by atoms with Crippen molar-refractivity contribution in [3.63, 3.8) is 0 Å². The van der Waals surface area contributed by atoms with Gasteiger partial charge in [-0.2, -0.15) is 0 Å². The maximum absolute atomic E-state index is 11.5. The highest BCUT2D eigenvalue weighted by molar-refractivity contribution is 9.10. The first kappa shape index (κ1) is 9.78. The lowest BCUT2D eigenvalue weighted by Crippen LogP contribution is -2.39. The molecule has 0 radical (unpaired) electrons. The molecule has 0 aromatic rings. The Morgan fingerprint density at radius 1 is 1.58 bits per heavy atom. The zero-order chi connectivity index (χ0) is 9.14. The number of halogens is 1. The van der Waals surface area contributed by atoms with E-state index in [1.54, 1.807) is 0 Å². The Morgan fingerprint density at radius 2 is 2.08 bits per heavy atom. The van der Waals surface area contributed by atoms with Crippen molar-refractivity contribution in [1.82, 2.24) is 4.90 Å². The summed E-state index contributed by atoms with van der Waals surface area (Å²) in [4.78, 5) is 13.3. The van der Waals surface area contributed by atoms with Gasteiger partial charge >= 0.3 is 0 Å². The normalized spacial score (nSPS) is 20.8. The van der Waals surface area contributed by atoms with E-state index < -0.39 is 0 Å². The number of alkyl halides is 1. The molecule has 1 atom stereocenters. The van der Waals surface area contributed by atoms with Gasteiger partial charge in [0.05, 0.1) is 4.83 Å². The van der Waals surface area contributed by atoms with Gasteiger partial charge < -0.3 is 4.90 Å². The number of piperidine rings is 1. The summed E-state index contributed by atoms with van der Waals surface area (Å²) in [5.41, 5.74) is 1.27. The number of hydrogen-bond acceptors (Lipinski definition) is 1. The van der Waals surface area contributed by atoms with Crippen molar-refractivity contribution in [1.29, 1.82) is 0 Å². The Labute approximate surface area is 81.8 Å². The van der Waals surface area contributed by atoms with Crippen LogP contribution in [0.25, 0.3) is 0 Å². The Kier molecular flexibility index (Phi) is 3.32. The van der Waals surface area contributed by atoms with E-state index in [2.05, 4.69) is 22.5 Å². The summed E-state index contributed by atoms with van der Waals surface area (Å²) < 4.78 is 0. The summed E-state index contributed by atoms with van der Waals surface area (Å²) in [6.07, 6.45) is 1.93. The summed E-state index contributed by atoms with van der Waals surface area (Å²) in [6.45, 7) is 7.45. The number of carbonyl (C=O) groups excluding carboxylic acids is 1. The first-order valence-electron chi connectivity index (χ1n) is 4.21. The minimum atomic E-state index is -0.0520. The van der Waals surface area contributed by atoms with Crippen molar-refractivity contribution < 1.29 is 4.79 Å². The van der Waals surface area contributed by atoms with Crippen LogP contribution in [0.1, 0.15) is 19.8 Å². The molecular weight excluding hydrogens is 218 g/mol. The predicted octanol–water partition coefficient (Wildman–Crippen LogP) is 1.95. The largest absolute Gasteiger partial charge is 0.341 e. The third kappa shape index (κ3) is 2.34. The van der Waals surface area contributed by atoms with E-state index in [4.69, 9.17) is 0 Å². The smallest absolute Gasteiger partial charge is 0.236 e. The molecule has 1 unspecified atom stereocenters. The van der Waals surface area contributed by atoms with Gasteiger partial charge in [-0.05, 0) is 19.8 Å². The van der Waals surface area contributed by atoms with Crippen molar-refractivity contribution in [2.24, 2.45) is 0 Å². The molecule has 12 heavy (non-hydrogen) atoms. The highest BCUT2D eigenvalue weighted by atomic mass is 79.9. The van der Waals surface area contributed by atoms with Crippen molar-refractivity contribution >= 4 is 21.8 Å². The molecule has 68 valence electrons. The molecule has 1 rings (SSSR count). The first-order valence-corrected chi connectivity index (χ1v) is 5.12. The van der Waals surface area contributed by atoms with Crippen LogP contribution in [-0.2, 0) is 4.79 Å². The standard InChI is InChI=1S/C9H14BrNO/c1-7-3-5-11(6-4-7)9(12)8(2)10/h8H,1,3-6H2,2H3. The van der Waals surface area contributed by atoms with E-state index in [1.165, 1.54) is 5.57 Å². The topological polar surface area (TPSA) is 20.3 Å². The average Bonchev–Trinajstić information content (AvgIpc) is 2.04. The fourth-order valence-corrected chi connectivity index (χ4v) is 1.58. The zero-order valence-electron chi connectivity index (χ0n) is 7.35. The monoisotopic (exact) mass is 231 g/mol. The van der Waals surface area contributed by atoms with Gasteiger partial charge in [-0.25, -0.2) is 0 Å². The fraction of sp³-hybridized carbons (Fsp3) is 0.667. The van der Waals surface area contributed by atoms with Crippen LogP contribution in [0.15, 0.2) is 12.2 Å². The van der Waals surface area contributed by atoms with Crippen LogP contribution in [0.3, 0.4) is 0 Å². The highest BCUT2D eigenvalue weighted by Gasteiger charge is 2.20. The maximum atomic E-state index is 11.5. The molecule has 1 amide bonds. The lowest BCUT2D eigenvalue weighted by Gasteiger charge is -2.28. The Balaban J connectivity index is 2.44. The number of nitrogens with zero attached hydrogens (tertiary/aromatic N) is 1. The van der Waals surface area contributed by atoms with Crippen molar-refractivity contribution in [3.05, 3.63) is 12.2 Å². The van der Waals surface area contributed by atoms with Gasteiger partial charge in [-0.15, -0.1) is 0 Å². The second-order valence-electron chi connectivity index (χ2n) is 3.19. The van der Waals surface area contributed by atoms with Gasteiger partial charge in [0, 0.05) is 13.1 Å². The minimum Gasteiger partial charge on any atom is -0.341 e. The maximum Gasteiger partial charge on any atom is 0.236 e. The highest BCUT2D eigenvalue weighted by Crippen LogP contribution is 2.16. The van der Waals surface area contributed by atoms with Crippen LogP contribution >= 0.6 is 15.9 Å². The van der Waals surface area contributed by atoms with Crippen LogP contribution in [0.2, 0.25) is 0 Å². The van der Waals surface area contributed by atoms with Crippen LogP contribution < -0.4 is 0 Å². The van der Waals surface area contributed by atoms with Gasteiger partial charge in [-0.3, -0.25) is 4.79 Å². The lowest BCUT2D eigenvalue weighted by molar-refractivity contribution is -0.130. The van der Waals surface area contributed by atoms with Gasteiger partial charge in [0.1, 0.15) is 0 Å². The van der Waals surface area contributed by atoms with Gasteiger partial charge in [-0.1, -0.05) is 28.1 Å². The molecule has 1 aliphatic rings. The molecule has 0 aliphatic carbocycles. The molecule has 0 saturated carbocycles. The second-order valence-corrected chi connectivity index (χ2v) is 4.56. The third-order valence-electron chi connectivity index (χ3n) is 2.12. The number of hydrogen-bond donors (Lipinski definition) is 0. The third-order valence-corrected chi connectivity index (χ3v) is 2.51. The summed E-state index contributed by atoms with van der Waals surface area (Å²) in [7, 11) is 0. The minimum absolute atomic E-state index is 0.0520. The van der Waals surface area contributed by atoms with Gasteiger partial charge in [0.2, 0.25) is 5.91 Å². The van der Waals surface area contributed by atoms with Gasteiger partial charge in [0.15, 0.2) is 0 Å². The van der Waals surface area contributed by atoms with Crippen LogP contribution in [0.5, 0.6) is 0 Å². The van der Waals surface area contributed by atoms with Crippen LogP contribution in [0.4, 0.5) is 0 Å². The SMILES string of the molecule is C=C1CCN(C(=O)C(C)Br)CC1. The summed E-state index contributed by atoms with van der Waals surface area (Å²) in [5, 5.41) is 0. The molecule has 0 bridgehead atoms. The number of amides is 1. The summed E-state index contributed by atoms with van der Waals surface area (Å²) in [5.74, 6) is 0.197. The molecule has 0 N–H and O–H groups in total. The van der Waals surface area contributed by atoms with Crippen molar-refractivity contribution in [2.45, 2.75) is 24.6 Å². The quantitative estimate of drug-likeness (QED) is 0.499. The molecule has 2 nitrogen and oxygen atoms in total. The molecule has 0 aromatic heterocycles. The number of carbonyl (C=O) groups is 1. The Bertz CT molecular complexity index is 191. The predicted molar refractivity (Wildman–Crippen MR) is 53.3 cm³/mol. The molecular formula is C9H14BrNO. The average molecular weight is 232 g/mol. The first-order chi connectivity index (χ1) is 5.61. The number of likely N-dealkylation sites (tertiary alicyclic amines) is 1. The molecule has 1 aliphatic heterocycles. The van der Waals surface area contributed by atoms with Crippen LogP contribution in [0, 0.1) is 0 Å². The van der Waals surface area contributed by atoms with Crippen LogP contribution in [-0.4, -0.2) is 28.7 Å². The molecule has 1 heterocycles. The van der Waals surface area contributed by atoms with E-state index in [-0.39, 0.29) is 10.7 Å². The molecule has 1 fully saturated rings. The molecule has 3 heteroatoms. The summed E-state index contributed by atoms with van der Waals surface area (Å²) >= 11 is 3.28. The summed E-state index contributed by atoms with van der Waals surface area (Å²) in [6, 6.07) is 0. The van der Waals surface area contributed by atoms with Gasteiger partial charge in [0.25, 0.3) is 0 Å². The van der Waals surface area contributed by atoms with E-state index in [0.29, 0.717) is 0 Å². The van der Waals surface area contributed by atoms with E-state index in [1.807, 2.05) is 11.8 Å². The molecule has 0 spiro atoms. The van der Waals surface area contributed by atoms with Crippen molar-refractivity contribution in [3.8, 4) is 0 Å². The van der Waals surface area contributed by atoms with E-state index in [9.17, 15) is 4.79 Å². The Hall–Kier alpha value is -0.310. The second kappa shape index (κ2) is 4.08. The van der Waals surface area contributed by atoms with E-state index >= 15 is 0 Å². The fourth-order valence-electron chi connectivity index (χ4n) is 1.29. The lowest BCUT2D eigenvalue weighted by atomic mass is 10.1. The zero-order valence-corrected chi connectivity index (χ0v) is 8.93.